The predicted octanol–water partition coefficient (Wildman–Crippen LogP) is 1.75. The van der Waals surface area contributed by atoms with Gasteiger partial charge >= 0.3 is 0 Å². The summed E-state index contributed by atoms with van der Waals surface area (Å²) in [5, 5.41) is 6.10. The molecule has 0 bridgehead atoms. The van der Waals surface area contributed by atoms with E-state index in [0.29, 0.717) is 5.76 Å². The van der Waals surface area contributed by atoms with Crippen molar-refractivity contribution in [2.75, 3.05) is 0 Å². The van der Waals surface area contributed by atoms with Crippen molar-refractivity contribution in [1.82, 2.24) is 15.1 Å². The van der Waals surface area contributed by atoms with Crippen LogP contribution in [-0.4, -0.2) is 24.1 Å². The van der Waals surface area contributed by atoms with E-state index in [1.54, 1.807) is 24.3 Å². The summed E-state index contributed by atoms with van der Waals surface area (Å²) in [5.74, 6) is 0.0504. The van der Waals surface area contributed by atoms with E-state index in [2.05, 4.69) is 26.3 Å². The van der Waals surface area contributed by atoms with Crippen LogP contribution in [0.1, 0.15) is 5.76 Å². The van der Waals surface area contributed by atoms with Crippen LogP contribution in [0.2, 0.25) is 0 Å². The van der Waals surface area contributed by atoms with Crippen LogP contribution in [0, 0.1) is 0 Å². The van der Waals surface area contributed by atoms with E-state index < -0.39 is 27.8 Å². The summed E-state index contributed by atoms with van der Waals surface area (Å²) < 4.78 is 32.0. The third-order valence-corrected chi connectivity index (χ3v) is 5.76. The van der Waals surface area contributed by atoms with E-state index in [4.69, 9.17) is 4.42 Å². The van der Waals surface area contributed by atoms with Crippen molar-refractivity contribution in [3.63, 3.8) is 0 Å². The minimum absolute atomic E-state index is 0.0330. The maximum atomic E-state index is 12.7. The number of halogens is 1. The molecule has 3 rings (SSSR count). The molecule has 0 saturated carbocycles. The molecule has 140 valence electrons. The van der Waals surface area contributed by atoms with Gasteiger partial charge in [0.2, 0.25) is 15.7 Å². The zero-order valence-electron chi connectivity index (χ0n) is 13.8. The van der Waals surface area contributed by atoms with E-state index in [1.165, 1.54) is 18.4 Å². The Morgan fingerprint density at radius 3 is 2.56 bits per heavy atom. The Bertz CT molecular complexity index is 1110. The highest BCUT2D eigenvalue weighted by atomic mass is 79.9. The first-order chi connectivity index (χ1) is 12.9. The minimum atomic E-state index is -3.92. The van der Waals surface area contributed by atoms with E-state index in [1.807, 2.05) is 0 Å². The van der Waals surface area contributed by atoms with E-state index in [0.717, 1.165) is 21.3 Å². The van der Waals surface area contributed by atoms with Gasteiger partial charge in [0.15, 0.2) is 5.03 Å². The Labute approximate surface area is 162 Å². The minimum Gasteiger partial charge on any atom is -0.467 e. The number of rotatable bonds is 6. The molecule has 0 unspecified atom stereocenters. The summed E-state index contributed by atoms with van der Waals surface area (Å²) in [5.41, 5.74) is -0.585. The van der Waals surface area contributed by atoms with Gasteiger partial charge in [-0.05, 0) is 42.5 Å². The first-order valence-corrected chi connectivity index (χ1v) is 10.0. The van der Waals surface area contributed by atoms with Gasteiger partial charge < -0.3 is 9.73 Å². The molecule has 0 atom stereocenters. The van der Waals surface area contributed by atoms with Crippen molar-refractivity contribution in [3.05, 3.63) is 75.4 Å². The maximum absolute atomic E-state index is 12.7. The number of aromatic nitrogens is 2. The number of nitrogens with one attached hydrogen (secondary N) is 1. The lowest BCUT2D eigenvalue weighted by atomic mass is 10.4. The van der Waals surface area contributed by atoms with Crippen LogP contribution in [0.3, 0.4) is 0 Å². The van der Waals surface area contributed by atoms with Gasteiger partial charge in [0.1, 0.15) is 12.3 Å². The van der Waals surface area contributed by atoms with Crippen LogP contribution in [-0.2, 0) is 27.7 Å². The van der Waals surface area contributed by atoms with Crippen LogP contribution < -0.4 is 10.9 Å². The Morgan fingerprint density at radius 1 is 1.15 bits per heavy atom. The average molecular weight is 452 g/mol. The lowest BCUT2D eigenvalue weighted by Crippen LogP contribution is -2.33. The topological polar surface area (TPSA) is 111 Å². The highest BCUT2D eigenvalue weighted by Crippen LogP contribution is 2.20. The molecule has 0 spiro atoms. The fourth-order valence-corrected chi connectivity index (χ4v) is 3.67. The molecule has 0 aliphatic rings. The number of amides is 1. The molecular weight excluding hydrogens is 438 g/mol. The van der Waals surface area contributed by atoms with Crippen molar-refractivity contribution >= 4 is 31.7 Å². The predicted molar refractivity (Wildman–Crippen MR) is 98.6 cm³/mol. The summed E-state index contributed by atoms with van der Waals surface area (Å²) in [4.78, 5) is 24.0. The molecule has 8 nitrogen and oxygen atoms in total. The van der Waals surface area contributed by atoms with Gasteiger partial charge in [0, 0.05) is 10.5 Å². The molecule has 0 aliphatic heterocycles. The number of sulfone groups is 1. The second kappa shape index (κ2) is 7.89. The standard InChI is InChI=1S/C17H14BrN3O5S/c18-12-3-5-14(6-4-12)27(24,25)16-7-8-17(23)21(20-16)11-15(22)19-10-13-2-1-9-26-13/h1-9H,10-11H2,(H,19,22). The van der Waals surface area contributed by atoms with Gasteiger partial charge in [-0.15, -0.1) is 0 Å². The van der Waals surface area contributed by atoms with Gasteiger partial charge in [-0.2, -0.15) is 5.10 Å². The zero-order valence-corrected chi connectivity index (χ0v) is 16.2. The van der Waals surface area contributed by atoms with Crippen LogP contribution in [0.5, 0.6) is 0 Å². The second-order valence-corrected chi connectivity index (χ2v) is 8.29. The Balaban J connectivity index is 1.80. The monoisotopic (exact) mass is 451 g/mol. The molecule has 0 saturated heterocycles. The average Bonchev–Trinajstić information content (AvgIpc) is 3.16. The summed E-state index contributed by atoms with van der Waals surface area (Å²) in [6.07, 6.45) is 1.48. The molecule has 1 N–H and O–H groups in total. The smallest absolute Gasteiger partial charge is 0.267 e. The highest BCUT2D eigenvalue weighted by Gasteiger charge is 2.21. The summed E-state index contributed by atoms with van der Waals surface area (Å²) in [6.45, 7) is -0.263. The van der Waals surface area contributed by atoms with Crippen LogP contribution >= 0.6 is 15.9 Å². The van der Waals surface area contributed by atoms with Crippen molar-refractivity contribution in [3.8, 4) is 0 Å². The van der Waals surface area contributed by atoms with Crippen molar-refractivity contribution in [2.45, 2.75) is 23.0 Å². The first-order valence-electron chi connectivity index (χ1n) is 7.74. The van der Waals surface area contributed by atoms with Gasteiger partial charge in [-0.1, -0.05) is 15.9 Å². The molecule has 10 heteroatoms. The summed E-state index contributed by atoms with van der Waals surface area (Å²) in [7, 11) is -3.92. The molecule has 1 aromatic carbocycles. The molecule has 1 amide bonds. The van der Waals surface area contributed by atoms with Crippen molar-refractivity contribution < 1.29 is 17.6 Å². The number of carbonyl (C=O) groups excluding carboxylic acids is 1. The van der Waals surface area contributed by atoms with Gasteiger partial charge in [0.25, 0.3) is 5.56 Å². The molecule has 0 aliphatic carbocycles. The third-order valence-electron chi connectivity index (χ3n) is 3.57. The first kappa shape index (κ1) is 19.1. The lowest BCUT2D eigenvalue weighted by Gasteiger charge is -2.08. The Morgan fingerprint density at radius 2 is 1.89 bits per heavy atom. The SMILES string of the molecule is O=C(Cn1nc(S(=O)(=O)c2ccc(Br)cc2)ccc1=O)NCc1ccco1. The third kappa shape index (κ3) is 4.52. The lowest BCUT2D eigenvalue weighted by molar-refractivity contribution is -0.122. The summed E-state index contributed by atoms with van der Waals surface area (Å²) >= 11 is 3.24. The number of hydrogen-bond donors (Lipinski definition) is 1. The fraction of sp³-hybridized carbons (Fsp3) is 0.118. The maximum Gasteiger partial charge on any atom is 0.267 e. The largest absolute Gasteiger partial charge is 0.467 e. The van der Waals surface area contributed by atoms with Crippen LogP contribution in [0.25, 0.3) is 0 Å². The normalized spacial score (nSPS) is 11.3. The van der Waals surface area contributed by atoms with E-state index in [9.17, 15) is 18.0 Å². The van der Waals surface area contributed by atoms with Crippen molar-refractivity contribution in [1.29, 1.82) is 0 Å². The Kier molecular flexibility index (Phi) is 5.57. The molecule has 0 fully saturated rings. The number of nitrogens with zero attached hydrogens (tertiary/aromatic N) is 2. The van der Waals surface area contributed by atoms with E-state index in [-0.39, 0.29) is 16.5 Å². The van der Waals surface area contributed by atoms with E-state index >= 15 is 0 Å². The second-order valence-electron chi connectivity index (χ2n) is 5.48. The molecule has 2 heterocycles. The molecular formula is C17H14BrN3O5S. The summed E-state index contributed by atoms with van der Waals surface area (Å²) in [6, 6.07) is 11.6. The van der Waals surface area contributed by atoms with Crippen molar-refractivity contribution in [2.24, 2.45) is 0 Å². The molecule has 27 heavy (non-hydrogen) atoms. The van der Waals surface area contributed by atoms with Crippen LogP contribution in [0.4, 0.5) is 0 Å². The number of carbonyl (C=O) groups is 1. The molecule has 0 radical (unpaired) electrons. The van der Waals surface area contributed by atoms with Gasteiger partial charge in [-0.3, -0.25) is 9.59 Å². The van der Waals surface area contributed by atoms with Gasteiger partial charge in [0.05, 0.1) is 17.7 Å². The molecule has 2 aromatic heterocycles. The van der Waals surface area contributed by atoms with Crippen LogP contribution in [0.15, 0.2) is 78.4 Å². The van der Waals surface area contributed by atoms with Gasteiger partial charge in [-0.25, -0.2) is 13.1 Å². The number of furan rings is 1. The quantitative estimate of drug-likeness (QED) is 0.610. The number of hydrogen-bond acceptors (Lipinski definition) is 6. The fourth-order valence-electron chi connectivity index (χ4n) is 2.21. The number of benzene rings is 1. The highest BCUT2D eigenvalue weighted by molar-refractivity contribution is 9.10. The Hall–Kier alpha value is -2.72. The zero-order chi connectivity index (χ0) is 19.4. The molecule has 3 aromatic rings.